The number of carbonyl (C=O) groups is 2. The number of amides is 2. The number of nitrogens with zero attached hydrogens (tertiary/aromatic N) is 2. The summed E-state index contributed by atoms with van der Waals surface area (Å²) in [5.74, 6) is 0.232. The maximum absolute atomic E-state index is 14.5. The minimum absolute atomic E-state index is 0.135. The molecule has 0 radical (unpaired) electrons. The Bertz CT molecular complexity index is 1490. The molecule has 1 aromatic heterocycles. The minimum atomic E-state index is -0.401. The van der Waals surface area contributed by atoms with Gasteiger partial charge in [-0.25, -0.2) is 9.37 Å². The van der Waals surface area contributed by atoms with Crippen LogP contribution < -0.4 is 14.8 Å². The highest BCUT2D eigenvalue weighted by Crippen LogP contribution is 2.33. The molecule has 0 bridgehead atoms. The van der Waals surface area contributed by atoms with Crippen LogP contribution in [0.25, 0.3) is 10.4 Å². The van der Waals surface area contributed by atoms with E-state index in [1.54, 1.807) is 55.3 Å². The van der Waals surface area contributed by atoms with Gasteiger partial charge in [-0.05, 0) is 49.6 Å². The fourth-order valence-corrected chi connectivity index (χ4v) is 5.51. The van der Waals surface area contributed by atoms with Gasteiger partial charge in [0.15, 0.2) is 11.5 Å². The Morgan fingerprint density at radius 2 is 1.79 bits per heavy atom. The van der Waals surface area contributed by atoms with E-state index >= 15 is 0 Å². The van der Waals surface area contributed by atoms with Crippen molar-refractivity contribution in [3.8, 4) is 21.9 Å². The molecule has 2 heterocycles. The number of hydrogen-bond acceptors (Lipinski definition) is 6. The molecule has 200 valence electrons. The molecule has 1 N–H and O–H groups in total. The third-order valence-corrected chi connectivity index (χ3v) is 7.64. The molecule has 2 amide bonds. The first kappa shape index (κ1) is 26.4. The molecule has 0 aliphatic carbocycles. The van der Waals surface area contributed by atoms with Gasteiger partial charge in [0.1, 0.15) is 11.5 Å². The second-order valence-electron chi connectivity index (χ2n) is 9.26. The van der Waals surface area contributed by atoms with E-state index in [0.717, 1.165) is 5.56 Å². The maximum atomic E-state index is 14.5. The number of rotatable bonds is 9. The van der Waals surface area contributed by atoms with Crippen LogP contribution >= 0.6 is 11.3 Å². The van der Waals surface area contributed by atoms with Gasteiger partial charge in [-0.2, -0.15) is 0 Å². The normalized spacial score (nSPS) is 12.7. The third kappa shape index (κ3) is 5.93. The molecule has 9 heteroatoms. The van der Waals surface area contributed by atoms with Gasteiger partial charge in [-0.3, -0.25) is 9.59 Å². The molecule has 1 unspecified atom stereocenters. The Morgan fingerprint density at radius 1 is 1.05 bits per heavy atom. The van der Waals surface area contributed by atoms with Gasteiger partial charge >= 0.3 is 0 Å². The van der Waals surface area contributed by atoms with Crippen molar-refractivity contribution in [3.05, 3.63) is 100 Å². The molecule has 0 spiro atoms. The topological polar surface area (TPSA) is 80.8 Å². The Kier molecular flexibility index (Phi) is 7.88. The van der Waals surface area contributed by atoms with Gasteiger partial charge in [0.25, 0.3) is 11.8 Å². The standard InChI is InChI=1S/C30H28FN3O4S/c1-19-33-27(28(39-19)23-10-6-7-11-24(23)31)29(35)32-15-14-22(16-20-8-4-3-5-9-20)34(2)30(36)21-12-13-25-26(17-21)38-18-37-25/h3-13,17,22H,14-16,18H2,1-2H3,(H,32,35). The van der Waals surface area contributed by atoms with Crippen LogP contribution in [-0.2, 0) is 6.42 Å². The molecule has 0 saturated carbocycles. The van der Waals surface area contributed by atoms with Crippen molar-refractivity contribution in [1.29, 1.82) is 0 Å². The molecule has 1 aliphatic rings. The minimum Gasteiger partial charge on any atom is -0.454 e. The lowest BCUT2D eigenvalue weighted by Gasteiger charge is -2.29. The number of fused-ring (bicyclic) bond motifs is 1. The average Bonchev–Trinajstić information content (AvgIpc) is 3.58. The van der Waals surface area contributed by atoms with Crippen molar-refractivity contribution in [2.75, 3.05) is 20.4 Å². The van der Waals surface area contributed by atoms with E-state index < -0.39 is 5.82 Å². The molecule has 1 atom stereocenters. The van der Waals surface area contributed by atoms with Crippen LogP contribution in [0.5, 0.6) is 11.5 Å². The number of aromatic nitrogens is 1. The lowest BCUT2D eigenvalue weighted by molar-refractivity contribution is 0.0722. The number of hydrogen-bond donors (Lipinski definition) is 1. The summed E-state index contributed by atoms with van der Waals surface area (Å²) >= 11 is 1.28. The highest BCUT2D eigenvalue weighted by atomic mass is 32.1. The Morgan fingerprint density at radius 3 is 2.59 bits per heavy atom. The lowest BCUT2D eigenvalue weighted by atomic mass is 10.0. The second kappa shape index (κ2) is 11.7. The van der Waals surface area contributed by atoms with Crippen molar-refractivity contribution in [2.45, 2.75) is 25.8 Å². The van der Waals surface area contributed by atoms with E-state index in [4.69, 9.17) is 9.47 Å². The van der Waals surface area contributed by atoms with E-state index in [-0.39, 0.29) is 30.3 Å². The fourth-order valence-electron chi connectivity index (χ4n) is 4.56. The number of ether oxygens (including phenoxy) is 2. The largest absolute Gasteiger partial charge is 0.454 e. The molecule has 0 fully saturated rings. The summed E-state index contributed by atoms with van der Waals surface area (Å²) in [6.07, 6.45) is 1.12. The summed E-state index contributed by atoms with van der Waals surface area (Å²) in [5, 5.41) is 3.61. The van der Waals surface area contributed by atoms with Gasteiger partial charge in [0.2, 0.25) is 6.79 Å². The van der Waals surface area contributed by atoms with Gasteiger partial charge in [-0.1, -0.05) is 48.5 Å². The molecular formula is C30H28FN3O4S. The summed E-state index contributed by atoms with van der Waals surface area (Å²) in [7, 11) is 1.77. The molecule has 0 saturated heterocycles. The monoisotopic (exact) mass is 545 g/mol. The molecule has 7 nitrogen and oxygen atoms in total. The predicted octanol–water partition coefficient (Wildman–Crippen LogP) is 5.49. The number of likely N-dealkylation sites (N-methyl/N-ethyl adjacent to an activating group) is 1. The first-order valence-electron chi connectivity index (χ1n) is 12.6. The predicted molar refractivity (Wildman–Crippen MR) is 148 cm³/mol. The van der Waals surface area contributed by atoms with Crippen LogP contribution in [0.2, 0.25) is 0 Å². The summed E-state index contributed by atoms with van der Waals surface area (Å²) in [6, 6.07) is 21.2. The van der Waals surface area contributed by atoms with E-state index in [1.807, 2.05) is 30.3 Å². The van der Waals surface area contributed by atoms with Crippen molar-refractivity contribution in [1.82, 2.24) is 15.2 Å². The zero-order valence-electron chi connectivity index (χ0n) is 21.6. The number of halogens is 1. The van der Waals surface area contributed by atoms with E-state index in [1.165, 1.54) is 17.4 Å². The van der Waals surface area contributed by atoms with E-state index in [0.29, 0.717) is 51.9 Å². The highest BCUT2D eigenvalue weighted by molar-refractivity contribution is 7.15. The third-order valence-electron chi connectivity index (χ3n) is 6.63. The van der Waals surface area contributed by atoms with Crippen LogP contribution in [0.3, 0.4) is 0 Å². The first-order valence-corrected chi connectivity index (χ1v) is 13.4. The number of aryl methyl sites for hydroxylation is 1. The van der Waals surface area contributed by atoms with Crippen LogP contribution in [-0.4, -0.2) is 48.1 Å². The Hall–Kier alpha value is -4.24. The molecule has 5 rings (SSSR count). The van der Waals surface area contributed by atoms with Crippen molar-refractivity contribution >= 4 is 23.2 Å². The summed E-state index contributed by atoms with van der Waals surface area (Å²) in [5.41, 5.74) is 2.13. The molecule has 4 aromatic rings. The van der Waals surface area contributed by atoms with Gasteiger partial charge < -0.3 is 19.7 Å². The van der Waals surface area contributed by atoms with E-state index in [9.17, 15) is 14.0 Å². The Balaban J connectivity index is 1.30. The van der Waals surface area contributed by atoms with Crippen LogP contribution in [0, 0.1) is 12.7 Å². The van der Waals surface area contributed by atoms with Crippen molar-refractivity contribution < 1.29 is 23.5 Å². The first-order chi connectivity index (χ1) is 18.9. The summed E-state index contributed by atoms with van der Waals surface area (Å²) in [4.78, 5) is 33.2. The maximum Gasteiger partial charge on any atom is 0.271 e. The number of benzene rings is 3. The molecular weight excluding hydrogens is 517 g/mol. The molecule has 3 aromatic carbocycles. The quantitative estimate of drug-likeness (QED) is 0.301. The summed E-state index contributed by atoms with van der Waals surface area (Å²) < 4.78 is 25.3. The molecule has 39 heavy (non-hydrogen) atoms. The summed E-state index contributed by atoms with van der Waals surface area (Å²) in [6.45, 7) is 2.23. The number of carbonyl (C=O) groups excluding carboxylic acids is 2. The van der Waals surface area contributed by atoms with Gasteiger partial charge in [0.05, 0.1) is 9.88 Å². The van der Waals surface area contributed by atoms with Crippen LogP contribution in [0.1, 0.15) is 37.8 Å². The van der Waals surface area contributed by atoms with Gasteiger partial charge in [-0.15, -0.1) is 11.3 Å². The Labute approximate surface area is 230 Å². The van der Waals surface area contributed by atoms with E-state index in [2.05, 4.69) is 10.3 Å². The lowest BCUT2D eigenvalue weighted by Crippen LogP contribution is -2.41. The van der Waals surface area contributed by atoms with Crippen molar-refractivity contribution in [3.63, 3.8) is 0 Å². The smallest absolute Gasteiger partial charge is 0.271 e. The zero-order valence-corrected chi connectivity index (χ0v) is 22.5. The molecule has 1 aliphatic heterocycles. The van der Waals surface area contributed by atoms with Crippen LogP contribution in [0.15, 0.2) is 72.8 Å². The number of nitrogens with one attached hydrogen (secondary N) is 1. The fraction of sp³-hybridized carbons (Fsp3) is 0.233. The van der Waals surface area contributed by atoms with Gasteiger partial charge in [0, 0.05) is 30.8 Å². The average molecular weight is 546 g/mol. The van der Waals surface area contributed by atoms with Crippen LogP contribution in [0.4, 0.5) is 4.39 Å². The second-order valence-corrected chi connectivity index (χ2v) is 10.5. The van der Waals surface area contributed by atoms with Crippen molar-refractivity contribution in [2.24, 2.45) is 0 Å². The SMILES string of the molecule is Cc1nc(C(=O)NCCC(Cc2ccccc2)N(C)C(=O)c2ccc3c(c2)OCO3)c(-c2ccccc2F)s1. The number of thiazole rings is 1. The highest BCUT2D eigenvalue weighted by Gasteiger charge is 2.25. The zero-order chi connectivity index (χ0) is 27.4.